The second-order valence-corrected chi connectivity index (χ2v) is 17.5. The van der Waals surface area contributed by atoms with E-state index in [0.29, 0.717) is 43.2 Å². The summed E-state index contributed by atoms with van der Waals surface area (Å²) in [5.41, 5.74) is -1.18. The largest absolute Gasteiger partial charge is 0.444 e. The van der Waals surface area contributed by atoms with Crippen molar-refractivity contribution in [3.05, 3.63) is 47.3 Å². The molecule has 0 aromatic heterocycles. The number of nitrogens with one attached hydrogen (secondary N) is 3. The SMILES string of the molecule is CC(C)(C)OC(=O)N[C@H]1CCCCC/C=C/[C@@H]2C[C@@]2(C(=O)NS(=O)(=O)C2CC2)NC(=O)[C@@H]2C[C@@H](OC(=O)N3CCc4c(F)cccc4C3)CN2C1=O. The molecule has 1 aromatic rings. The molecule has 5 amide bonds. The van der Waals surface area contributed by atoms with Crippen molar-refractivity contribution in [1.82, 2.24) is 25.2 Å². The fourth-order valence-electron chi connectivity index (χ4n) is 7.23. The third-order valence-electron chi connectivity index (χ3n) is 10.3. The highest BCUT2D eigenvalue weighted by atomic mass is 32.2. The average molecular weight is 746 g/mol. The topological polar surface area (TPSA) is 181 Å². The fourth-order valence-corrected chi connectivity index (χ4v) is 8.60. The summed E-state index contributed by atoms with van der Waals surface area (Å²) in [5.74, 6) is -2.94. The first-order valence-corrected chi connectivity index (χ1v) is 19.7. The standard InChI is InChI=1S/C36H48FN5O9S/c1-35(2,3)51-33(46)38-28-13-8-6-4-5-7-11-23-19-36(23,32(45)40-52(48,49)25-14-15-25)39-30(43)29-18-24(21-42(29)31(28)44)50-34(47)41-17-16-26-22(20-41)10-9-12-27(26)37/h7,9-12,23-25,28-29H,4-6,8,13-21H2,1-3H3,(H,38,46)(H,39,43)(H,40,45)/b11-7+/t23-,24-,28+,29+,36-/m1/s1. The van der Waals surface area contributed by atoms with Crippen molar-refractivity contribution in [2.45, 2.75) is 126 Å². The zero-order chi connectivity index (χ0) is 37.4. The molecule has 1 aromatic carbocycles. The number of halogens is 1. The van der Waals surface area contributed by atoms with Gasteiger partial charge in [-0.3, -0.25) is 19.1 Å². The predicted octanol–water partition coefficient (Wildman–Crippen LogP) is 3.19. The van der Waals surface area contributed by atoms with Crippen LogP contribution in [0.15, 0.2) is 30.4 Å². The van der Waals surface area contributed by atoms with Crippen LogP contribution in [0, 0.1) is 11.7 Å². The summed E-state index contributed by atoms with van der Waals surface area (Å²) in [6.07, 6.45) is 5.55. The Kier molecular flexibility index (Phi) is 10.6. The van der Waals surface area contributed by atoms with E-state index in [-0.39, 0.29) is 44.7 Å². The molecule has 0 radical (unpaired) electrons. The van der Waals surface area contributed by atoms with Crippen molar-refractivity contribution >= 4 is 39.9 Å². The van der Waals surface area contributed by atoms with E-state index in [4.69, 9.17) is 9.47 Å². The molecule has 5 atom stereocenters. The number of allylic oxidation sites excluding steroid dienone is 1. The molecule has 6 rings (SSSR count). The van der Waals surface area contributed by atoms with Crippen LogP contribution in [0.3, 0.4) is 0 Å². The molecule has 0 bridgehead atoms. The summed E-state index contributed by atoms with van der Waals surface area (Å²) >= 11 is 0. The van der Waals surface area contributed by atoms with Crippen LogP contribution in [0.25, 0.3) is 0 Å². The van der Waals surface area contributed by atoms with Crippen LogP contribution in [0.5, 0.6) is 0 Å². The van der Waals surface area contributed by atoms with Crippen molar-refractivity contribution < 1.29 is 46.3 Å². The van der Waals surface area contributed by atoms with Crippen LogP contribution in [0.2, 0.25) is 0 Å². The number of nitrogens with zero attached hydrogens (tertiary/aromatic N) is 2. The van der Waals surface area contributed by atoms with E-state index in [0.717, 1.165) is 12.8 Å². The molecule has 14 nitrogen and oxygen atoms in total. The monoisotopic (exact) mass is 745 g/mol. The van der Waals surface area contributed by atoms with Gasteiger partial charge in [0.2, 0.25) is 21.8 Å². The Bertz CT molecular complexity index is 1740. The fraction of sp³-hybridized carbons (Fsp3) is 0.639. The van der Waals surface area contributed by atoms with Crippen LogP contribution in [-0.4, -0.2) is 95.8 Å². The summed E-state index contributed by atoms with van der Waals surface area (Å²) < 4.78 is 53.3. The van der Waals surface area contributed by atoms with Crippen molar-refractivity contribution in [2.24, 2.45) is 5.92 Å². The van der Waals surface area contributed by atoms with Crippen molar-refractivity contribution in [3.63, 3.8) is 0 Å². The minimum Gasteiger partial charge on any atom is -0.444 e. The highest BCUT2D eigenvalue weighted by molar-refractivity contribution is 7.91. The van der Waals surface area contributed by atoms with Gasteiger partial charge in [-0.25, -0.2) is 22.4 Å². The highest BCUT2D eigenvalue weighted by Gasteiger charge is 2.62. The minimum absolute atomic E-state index is 0.111. The number of alkyl carbamates (subject to hydrolysis) is 1. The summed E-state index contributed by atoms with van der Waals surface area (Å²) in [6.45, 7) is 5.26. The molecule has 2 aliphatic carbocycles. The lowest BCUT2D eigenvalue weighted by atomic mass is 9.99. The molecule has 284 valence electrons. The molecule has 3 aliphatic heterocycles. The maximum Gasteiger partial charge on any atom is 0.410 e. The number of carbonyl (C=O) groups excluding carboxylic acids is 5. The van der Waals surface area contributed by atoms with Gasteiger partial charge in [0.15, 0.2) is 0 Å². The molecule has 3 fully saturated rings. The Morgan fingerprint density at radius 3 is 2.58 bits per heavy atom. The third kappa shape index (κ3) is 8.53. The second-order valence-electron chi connectivity index (χ2n) is 15.5. The van der Waals surface area contributed by atoms with E-state index in [1.165, 1.54) is 15.9 Å². The Morgan fingerprint density at radius 2 is 1.85 bits per heavy atom. The van der Waals surface area contributed by atoms with Gasteiger partial charge in [0.25, 0.3) is 5.91 Å². The van der Waals surface area contributed by atoms with E-state index in [2.05, 4.69) is 15.4 Å². The molecule has 52 heavy (non-hydrogen) atoms. The van der Waals surface area contributed by atoms with E-state index in [1.807, 2.05) is 12.2 Å². The predicted molar refractivity (Wildman–Crippen MR) is 185 cm³/mol. The second kappa shape index (κ2) is 14.7. The van der Waals surface area contributed by atoms with Gasteiger partial charge in [-0.2, -0.15) is 0 Å². The molecular formula is C36H48FN5O9S. The van der Waals surface area contributed by atoms with Crippen LogP contribution in [0.1, 0.15) is 89.7 Å². The maximum absolute atomic E-state index is 14.3. The molecule has 3 heterocycles. The number of fused-ring (bicyclic) bond motifs is 3. The lowest BCUT2D eigenvalue weighted by Gasteiger charge is -2.30. The van der Waals surface area contributed by atoms with Gasteiger partial charge in [-0.1, -0.05) is 37.1 Å². The van der Waals surface area contributed by atoms with Crippen LogP contribution in [0.4, 0.5) is 14.0 Å². The van der Waals surface area contributed by atoms with Gasteiger partial charge < -0.3 is 29.9 Å². The first kappa shape index (κ1) is 37.5. The Hall–Kier alpha value is -4.21. The van der Waals surface area contributed by atoms with E-state index < -0.39 is 80.4 Å². The molecule has 3 N–H and O–H groups in total. The minimum atomic E-state index is -3.92. The number of benzene rings is 1. The smallest absolute Gasteiger partial charge is 0.410 e. The number of amides is 5. The van der Waals surface area contributed by atoms with Crippen LogP contribution in [-0.2, 0) is 46.8 Å². The highest BCUT2D eigenvalue weighted by Crippen LogP contribution is 2.46. The van der Waals surface area contributed by atoms with Crippen LogP contribution >= 0.6 is 0 Å². The van der Waals surface area contributed by atoms with Crippen LogP contribution < -0.4 is 15.4 Å². The Balaban J connectivity index is 1.25. The molecular weight excluding hydrogens is 697 g/mol. The molecule has 5 aliphatic rings. The van der Waals surface area contributed by atoms with Gasteiger partial charge in [-0.15, -0.1) is 0 Å². The Labute approximate surface area is 303 Å². The van der Waals surface area contributed by atoms with Gasteiger partial charge in [0.05, 0.1) is 11.8 Å². The molecule has 2 saturated carbocycles. The van der Waals surface area contributed by atoms with E-state index in [9.17, 15) is 36.8 Å². The lowest BCUT2D eigenvalue weighted by Crippen LogP contribution is -2.58. The number of hydrogen-bond donors (Lipinski definition) is 3. The summed E-state index contributed by atoms with van der Waals surface area (Å²) in [4.78, 5) is 71.1. The van der Waals surface area contributed by atoms with Gasteiger partial charge in [0.1, 0.15) is 35.1 Å². The van der Waals surface area contributed by atoms with E-state index >= 15 is 0 Å². The zero-order valence-corrected chi connectivity index (χ0v) is 30.6. The van der Waals surface area contributed by atoms with Crippen molar-refractivity contribution in [3.8, 4) is 0 Å². The summed E-state index contributed by atoms with van der Waals surface area (Å²) in [6, 6.07) is 2.41. The summed E-state index contributed by atoms with van der Waals surface area (Å²) in [7, 11) is -3.92. The van der Waals surface area contributed by atoms with Gasteiger partial charge in [-0.05, 0) is 82.9 Å². The first-order chi connectivity index (χ1) is 24.6. The lowest BCUT2D eigenvalue weighted by molar-refractivity contribution is -0.141. The van der Waals surface area contributed by atoms with Crippen molar-refractivity contribution in [2.75, 3.05) is 13.1 Å². The number of sulfonamides is 1. The zero-order valence-electron chi connectivity index (χ0n) is 29.8. The molecule has 0 spiro atoms. The van der Waals surface area contributed by atoms with Gasteiger partial charge in [0, 0.05) is 25.4 Å². The number of rotatable bonds is 5. The number of carbonyl (C=O) groups is 5. The number of ether oxygens (including phenoxy) is 2. The molecule has 16 heteroatoms. The maximum atomic E-state index is 14.3. The molecule has 1 saturated heterocycles. The van der Waals surface area contributed by atoms with Crippen molar-refractivity contribution in [1.29, 1.82) is 0 Å². The van der Waals surface area contributed by atoms with E-state index in [1.54, 1.807) is 32.9 Å². The average Bonchev–Trinajstić information content (AvgIpc) is 3.99. The Morgan fingerprint density at radius 1 is 1.08 bits per heavy atom. The summed E-state index contributed by atoms with van der Waals surface area (Å²) in [5, 5.41) is 4.81. The normalized spacial score (nSPS) is 28.8. The van der Waals surface area contributed by atoms with Gasteiger partial charge >= 0.3 is 12.2 Å². The number of hydrogen-bond acceptors (Lipinski definition) is 9. The third-order valence-corrected chi connectivity index (χ3v) is 12.1. The quantitative estimate of drug-likeness (QED) is 0.382. The molecule has 0 unspecified atom stereocenters. The first-order valence-electron chi connectivity index (χ1n) is 18.1.